The van der Waals surface area contributed by atoms with Gasteiger partial charge in [-0.2, -0.15) is 4.98 Å². The van der Waals surface area contributed by atoms with Crippen molar-refractivity contribution in [3.63, 3.8) is 0 Å². The van der Waals surface area contributed by atoms with Crippen molar-refractivity contribution in [2.75, 3.05) is 24.7 Å². The van der Waals surface area contributed by atoms with Gasteiger partial charge in [0.1, 0.15) is 54.5 Å². The van der Waals surface area contributed by atoms with Gasteiger partial charge in [-0.25, -0.2) is 19.5 Å². The number of nitrogen functional groups attached to an aromatic ring is 2. The number of aromatic amines is 1. The molecule has 2 aliphatic heterocycles. The topological polar surface area (TPSA) is 308 Å². The Kier molecular flexibility index (Phi) is 8.20. The molecule has 0 saturated carbocycles. The average molecular weight is 658 g/mol. The molecule has 0 bridgehead atoms. The van der Waals surface area contributed by atoms with Gasteiger partial charge < -0.3 is 40.6 Å². The summed E-state index contributed by atoms with van der Waals surface area (Å²) in [6.45, 7) is -1.36. The smallest absolute Gasteiger partial charge is 0.394 e. The van der Waals surface area contributed by atoms with Gasteiger partial charge in [-0.05, 0) is 6.07 Å². The lowest BCUT2D eigenvalue weighted by Crippen LogP contribution is -2.35. The molecule has 0 radical (unpaired) electrons. The molecule has 23 heteroatoms. The SMILES string of the molecule is Nc1nc2c(ncn2[C@@H]2O[C@H](CO)[C@H](O)[C@@H]2OP(=O)(O)OC[C@H]2O[C@@H](n3ccc4c(N)ncnc43)C[C@H]2O[P+](=O)O)c(=O)[nH]1. The predicted molar refractivity (Wildman–Crippen MR) is 145 cm³/mol. The van der Waals surface area contributed by atoms with Crippen LogP contribution in [0, 0.1) is 0 Å². The molecule has 236 valence electrons. The van der Waals surface area contributed by atoms with Crippen molar-refractivity contribution in [2.24, 2.45) is 0 Å². The summed E-state index contributed by atoms with van der Waals surface area (Å²) in [7, 11) is -8.14. The molecule has 2 saturated heterocycles. The Balaban J connectivity index is 1.20. The quantitative estimate of drug-likeness (QED) is 0.0984. The second kappa shape index (κ2) is 11.8. The Hall–Kier alpha value is -3.46. The Bertz CT molecular complexity index is 1820. The lowest BCUT2D eigenvalue weighted by atomic mass is 10.1. The number of phosphoric acid groups is 1. The number of aliphatic hydroxyl groups is 2. The van der Waals surface area contributed by atoms with Crippen molar-refractivity contribution in [1.82, 2.24) is 34.1 Å². The summed E-state index contributed by atoms with van der Waals surface area (Å²) in [5.74, 6) is -0.0268. The molecule has 4 aromatic heterocycles. The maximum absolute atomic E-state index is 13.1. The number of anilines is 2. The highest BCUT2D eigenvalue weighted by Crippen LogP contribution is 2.50. The Morgan fingerprint density at radius 1 is 1.18 bits per heavy atom. The molecule has 0 aliphatic carbocycles. The largest absolute Gasteiger partial charge is 0.695 e. The first-order chi connectivity index (χ1) is 21.0. The molecule has 9 atom stereocenters. The molecule has 0 aromatic carbocycles. The van der Waals surface area contributed by atoms with Crippen LogP contribution in [0.2, 0.25) is 0 Å². The number of imidazole rings is 1. The zero-order valence-corrected chi connectivity index (χ0v) is 24.0. The zero-order chi connectivity index (χ0) is 31.3. The van der Waals surface area contributed by atoms with Gasteiger partial charge in [0.2, 0.25) is 5.95 Å². The van der Waals surface area contributed by atoms with Gasteiger partial charge in [-0.15, -0.1) is 9.42 Å². The van der Waals surface area contributed by atoms with E-state index in [1.54, 1.807) is 16.8 Å². The number of fused-ring (bicyclic) bond motifs is 2. The molecular weight excluding hydrogens is 632 g/mol. The molecule has 44 heavy (non-hydrogen) atoms. The van der Waals surface area contributed by atoms with Crippen LogP contribution in [-0.4, -0.2) is 97.8 Å². The second-order valence-corrected chi connectivity index (χ2v) is 11.9. The van der Waals surface area contributed by atoms with Crippen LogP contribution in [0.4, 0.5) is 11.8 Å². The van der Waals surface area contributed by atoms with Gasteiger partial charge in [0.25, 0.3) is 5.56 Å². The van der Waals surface area contributed by atoms with E-state index in [0.29, 0.717) is 11.0 Å². The number of ether oxygens (including phenoxy) is 2. The molecule has 6 rings (SSSR count). The van der Waals surface area contributed by atoms with Crippen LogP contribution >= 0.6 is 16.1 Å². The van der Waals surface area contributed by atoms with E-state index in [2.05, 4.69) is 24.9 Å². The first-order valence-electron chi connectivity index (χ1n) is 12.8. The molecule has 6 heterocycles. The van der Waals surface area contributed by atoms with Crippen LogP contribution in [0.5, 0.6) is 0 Å². The van der Waals surface area contributed by atoms with E-state index in [-0.39, 0.29) is 29.4 Å². The molecule has 2 fully saturated rings. The van der Waals surface area contributed by atoms with Crippen molar-refractivity contribution in [3.8, 4) is 0 Å². The molecular formula is C21H26N9O12P2+. The van der Waals surface area contributed by atoms with Gasteiger partial charge in [0.05, 0.1) is 24.9 Å². The average Bonchev–Trinajstić information content (AvgIpc) is 3.73. The maximum atomic E-state index is 13.1. The summed E-state index contributed by atoms with van der Waals surface area (Å²) >= 11 is 0. The lowest BCUT2D eigenvalue weighted by molar-refractivity contribution is -0.0578. The van der Waals surface area contributed by atoms with Gasteiger partial charge in [-0.3, -0.25) is 23.4 Å². The standard InChI is InChI=1S/C21H25N9O12P2/c22-16-8-1-2-29(17(8)25-6-24-16)12-3-9(41-43(34)35)11(39-12)5-38-44(36,37)42-15-14(32)10(4-31)40-20(15)30-7-26-13-18(30)27-21(23)28-19(13)33/h1-2,6-7,9-12,14-15,20,31-32H,3-5H2,(H6-,22,23,24,25,27,28,33,34,35,36,37)/p+1/t9-,10-,11-,12-,14+,15+,20-/m1/s1. The number of nitrogens with one attached hydrogen (secondary N) is 1. The highest BCUT2D eigenvalue weighted by atomic mass is 31.2. The Labute approximate surface area is 245 Å². The number of nitrogens with two attached hydrogens (primary N) is 2. The minimum atomic E-state index is -5.06. The molecule has 2 unspecified atom stereocenters. The van der Waals surface area contributed by atoms with Gasteiger partial charge in [0, 0.05) is 17.2 Å². The fraction of sp³-hybridized carbons (Fsp3) is 0.476. The van der Waals surface area contributed by atoms with E-state index < -0.39 is 77.8 Å². The van der Waals surface area contributed by atoms with E-state index in [4.69, 9.17) is 34.5 Å². The van der Waals surface area contributed by atoms with Crippen molar-refractivity contribution < 1.29 is 52.2 Å². The molecule has 21 nitrogen and oxygen atoms in total. The Morgan fingerprint density at radius 3 is 2.73 bits per heavy atom. The number of H-pyrrole nitrogens is 1. The van der Waals surface area contributed by atoms with Crippen molar-refractivity contribution in [1.29, 1.82) is 0 Å². The van der Waals surface area contributed by atoms with Crippen molar-refractivity contribution in [3.05, 3.63) is 35.3 Å². The lowest BCUT2D eigenvalue weighted by Gasteiger charge is -2.25. The number of phosphoric ester groups is 1. The molecule has 4 aromatic rings. The van der Waals surface area contributed by atoms with Crippen molar-refractivity contribution in [2.45, 2.75) is 49.4 Å². The van der Waals surface area contributed by atoms with E-state index >= 15 is 0 Å². The van der Waals surface area contributed by atoms with Gasteiger partial charge in [0.15, 0.2) is 17.4 Å². The number of nitrogens with zero attached hydrogens (tertiary/aromatic N) is 6. The summed E-state index contributed by atoms with van der Waals surface area (Å²) in [6, 6.07) is 1.66. The van der Waals surface area contributed by atoms with Crippen LogP contribution in [0.25, 0.3) is 22.2 Å². The van der Waals surface area contributed by atoms with E-state index in [0.717, 1.165) is 10.9 Å². The highest BCUT2D eigenvalue weighted by molar-refractivity contribution is 7.47. The maximum Gasteiger partial charge on any atom is 0.695 e. The monoisotopic (exact) mass is 658 g/mol. The van der Waals surface area contributed by atoms with Crippen LogP contribution in [0.15, 0.2) is 29.7 Å². The van der Waals surface area contributed by atoms with Gasteiger partial charge >= 0.3 is 16.1 Å². The van der Waals surface area contributed by atoms with Crippen LogP contribution in [0.3, 0.4) is 0 Å². The first-order valence-corrected chi connectivity index (χ1v) is 15.5. The first kappa shape index (κ1) is 30.6. The number of aliphatic hydroxyl groups excluding tert-OH is 2. The fourth-order valence-corrected chi connectivity index (χ4v) is 6.54. The predicted octanol–water partition coefficient (Wildman–Crippen LogP) is -1.20. The van der Waals surface area contributed by atoms with Crippen LogP contribution in [-0.2, 0) is 32.2 Å². The summed E-state index contributed by atoms with van der Waals surface area (Å²) < 4.78 is 54.6. The van der Waals surface area contributed by atoms with E-state index in [1.165, 1.54) is 6.33 Å². The summed E-state index contributed by atoms with van der Waals surface area (Å²) in [5, 5.41) is 21.0. The highest BCUT2D eigenvalue weighted by Gasteiger charge is 2.50. The normalized spacial score (nSPS) is 29.0. The summed E-state index contributed by atoms with van der Waals surface area (Å²) in [4.78, 5) is 50.6. The third-order valence-electron chi connectivity index (χ3n) is 7.13. The van der Waals surface area contributed by atoms with Crippen LogP contribution in [0.1, 0.15) is 18.9 Å². The third kappa shape index (κ3) is 5.71. The number of aromatic nitrogens is 7. The number of rotatable bonds is 10. The summed E-state index contributed by atoms with van der Waals surface area (Å²) in [5.41, 5.74) is 11.1. The summed E-state index contributed by atoms with van der Waals surface area (Å²) in [6.07, 6.45) is -4.96. The third-order valence-corrected chi connectivity index (χ3v) is 8.57. The van der Waals surface area contributed by atoms with Crippen LogP contribution < -0.4 is 17.0 Å². The van der Waals surface area contributed by atoms with Crippen molar-refractivity contribution >= 4 is 50.0 Å². The molecule has 2 aliphatic rings. The Morgan fingerprint density at radius 2 is 1.98 bits per heavy atom. The second-order valence-electron chi connectivity index (χ2n) is 9.81. The van der Waals surface area contributed by atoms with E-state index in [1.807, 2.05) is 0 Å². The number of hydrogen-bond donors (Lipinski definition) is 7. The molecule has 0 amide bonds. The fourth-order valence-electron chi connectivity index (χ4n) is 5.16. The molecule has 0 spiro atoms. The minimum absolute atomic E-state index is 0.0261. The minimum Gasteiger partial charge on any atom is -0.394 e. The zero-order valence-electron chi connectivity index (χ0n) is 22.3. The van der Waals surface area contributed by atoms with Gasteiger partial charge in [-0.1, -0.05) is 0 Å². The number of hydrogen-bond acceptors (Lipinski definition) is 16. The van der Waals surface area contributed by atoms with E-state index in [9.17, 15) is 33.9 Å². The molecule has 9 N–H and O–H groups in total.